The summed E-state index contributed by atoms with van der Waals surface area (Å²) in [5, 5.41) is 2.64. The highest BCUT2D eigenvalue weighted by atomic mass is 32.2. The summed E-state index contributed by atoms with van der Waals surface area (Å²) in [6.07, 6.45) is 0.162. The number of ether oxygens (including phenoxy) is 1. The van der Waals surface area contributed by atoms with E-state index in [2.05, 4.69) is 9.71 Å². The molecule has 0 aliphatic heterocycles. The van der Waals surface area contributed by atoms with Gasteiger partial charge in [0.2, 0.25) is 0 Å². The first-order valence-corrected chi connectivity index (χ1v) is 10.3. The lowest BCUT2D eigenvalue weighted by molar-refractivity contribution is 0.0976. The average molecular weight is 408 g/mol. The first-order valence-electron chi connectivity index (χ1n) is 8.86. The minimum absolute atomic E-state index is 0.0425. The van der Waals surface area contributed by atoms with Crippen molar-refractivity contribution in [2.75, 3.05) is 7.11 Å². The molecule has 0 aromatic heterocycles. The maximum Gasteiger partial charge on any atom is 0.283 e. The van der Waals surface area contributed by atoms with Crippen molar-refractivity contribution >= 4 is 21.8 Å². The second-order valence-corrected chi connectivity index (χ2v) is 7.78. The van der Waals surface area contributed by atoms with Gasteiger partial charge in [0.1, 0.15) is 11.6 Å². The normalized spacial score (nSPS) is 11.7. The molecule has 0 atom stereocenters. The molecule has 0 bridgehead atoms. The number of carbonyl (C=O) groups is 1. The summed E-state index contributed by atoms with van der Waals surface area (Å²) in [4.78, 5) is 12.7. The van der Waals surface area contributed by atoms with Crippen LogP contribution in [0.15, 0.2) is 94.2 Å². The predicted molar refractivity (Wildman–Crippen MR) is 112 cm³/mol. The van der Waals surface area contributed by atoms with Crippen molar-refractivity contribution in [3.8, 4) is 5.75 Å². The summed E-state index contributed by atoms with van der Waals surface area (Å²) in [5.41, 5.74) is 1.19. The lowest BCUT2D eigenvalue weighted by Crippen LogP contribution is -2.32. The molecule has 148 valence electrons. The van der Waals surface area contributed by atoms with Gasteiger partial charge in [-0.15, -0.1) is 4.40 Å². The highest BCUT2D eigenvalue weighted by Crippen LogP contribution is 2.14. The van der Waals surface area contributed by atoms with E-state index >= 15 is 0 Å². The number of nitrogens with one attached hydrogen (secondary N) is 1. The predicted octanol–water partition coefficient (Wildman–Crippen LogP) is 3.46. The van der Waals surface area contributed by atoms with Crippen molar-refractivity contribution < 1.29 is 17.9 Å². The Kier molecular flexibility index (Phi) is 6.41. The number of amides is 1. The maximum absolute atomic E-state index is 12.7. The van der Waals surface area contributed by atoms with Crippen molar-refractivity contribution in [3.63, 3.8) is 0 Å². The van der Waals surface area contributed by atoms with Gasteiger partial charge in [-0.2, -0.15) is 8.42 Å². The molecule has 7 heteroatoms. The fourth-order valence-corrected chi connectivity index (χ4v) is 3.63. The van der Waals surface area contributed by atoms with Crippen molar-refractivity contribution in [2.45, 2.75) is 11.3 Å². The summed E-state index contributed by atoms with van der Waals surface area (Å²) < 4.78 is 34.4. The highest BCUT2D eigenvalue weighted by molar-refractivity contribution is 7.90. The van der Waals surface area contributed by atoms with Gasteiger partial charge in [0, 0.05) is 12.0 Å². The van der Waals surface area contributed by atoms with Crippen LogP contribution in [0, 0.1) is 0 Å². The number of carbonyl (C=O) groups excluding carboxylic acids is 1. The van der Waals surface area contributed by atoms with E-state index in [-0.39, 0.29) is 17.2 Å². The Balaban J connectivity index is 1.91. The molecule has 0 saturated carbocycles. The van der Waals surface area contributed by atoms with E-state index < -0.39 is 15.9 Å². The number of hydrogen-bond donors (Lipinski definition) is 1. The Morgan fingerprint density at radius 1 is 0.897 bits per heavy atom. The fourth-order valence-electron chi connectivity index (χ4n) is 2.62. The standard InChI is InChI=1S/C22H20N2O4S/c1-28-19-14-12-18(13-15-19)22(25)23-21(16-17-8-4-2-5-9-17)24-29(26,27)20-10-6-3-7-11-20/h2-15H,16H2,1H3,(H,23,24,25). The maximum atomic E-state index is 12.7. The Bertz CT molecular complexity index is 1090. The van der Waals surface area contributed by atoms with Gasteiger partial charge in [-0.05, 0) is 42.0 Å². The summed E-state index contributed by atoms with van der Waals surface area (Å²) in [6.45, 7) is 0. The number of hydrogen-bond acceptors (Lipinski definition) is 4. The molecule has 0 aliphatic carbocycles. The number of benzene rings is 3. The molecule has 0 heterocycles. The molecule has 0 spiro atoms. The minimum Gasteiger partial charge on any atom is -0.497 e. The molecule has 0 aliphatic rings. The van der Waals surface area contributed by atoms with E-state index in [1.165, 1.54) is 19.2 Å². The number of rotatable bonds is 6. The second kappa shape index (κ2) is 9.16. The molecule has 1 amide bonds. The molecule has 3 aromatic rings. The Morgan fingerprint density at radius 2 is 1.48 bits per heavy atom. The topological polar surface area (TPSA) is 84.8 Å². The summed E-state index contributed by atoms with van der Waals surface area (Å²) in [5.74, 6) is 0.206. The first kappa shape index (κ1) is 20.3. The molecule has 0 radical (unpaired) electrons. The Morgan fingerprint density at radius 3 is 2.07 bits per heavy atom. The Labute approximate surface area is 169 Å². The fraction of sp³-hybridized carbons (Fsp3) is 0.0909. The van der Waals surface area contributed by atoms with Crippen LogP contribution in [-0.4, -0.2) is 27.3 Å². The van der Waals surface area contributed by atoms with Crippen molar-refractivity contribution in [3.05, 3.63) is 96.1 Å². The van der Waals surface area contributed by atoms with Gasteiger partial charge in [-0.25, -0.2) is 0 Å². The van der Waals surface area contributed by atoms with Crippen molar-refractivity contribution in [1.29, 1.82) is 0 Å². The third kappa shape index (κ3) is 5.52. The van der Waals surface area contributed by atoms with Crippen molar-refractivity contribution in [2.24, 2.45) is 4.40 Å². The van der Waals surface area contributed by atoms with E-state index in [1.54, 1.807) is 42.5 Å². The van der Waals surface area contributed by atoms with Crippen LogP contribution in [0.2, 0.25) is 0 Å². The van der Waals surface area contributed by atoms with Crippen LogP contribution in [-0.2, 0) is 16.4 Å². The summed E-state index contributed by atoms with van der Waals surface area (Å²) >= 11 is 0. The van der Waals surface area contributed by atoms with Gasteiger partial charge >= 0.3 is 0 Å². The number of amidine groups is 1. The Hall–Kier alpha value is -3.45. The highest BCUT2D eigenvalue weighted by Gasteiger charge is 2.17. The summed E-state index contributed by atoms with van der Waals surface area (Å²) in [6, 6.07) is 23.6. The minimum atomic E-state index is -3.96. The van der Waals surface area contributed by atoms with Crippen LogP contribution in [0.5, 0.6) is 5.75 Å². The van der Waals surface area contributed by atoms with Crippen LogP contribution in [0.3, 0.4) is 0 Å². The first-order chi connectivity index (χ1) is 14.0. The molecule has 1 N–H and O–H groups in total. The molecule has 6 nitrogen and oxygen atoms in total. The van der Waals surface area contributed by atoms with E-state index in [1.807, 2.05) is 30.3 Å². The molecule has 0 unspecified atom stereocenters. The zero-order valence-electron chi connectivity index (χ0n) is 15.8. The summed E-state index contributed by atoms with van der Waals surface area (Å²) in [7, 11) is -2.43. The third-order valence-corrected chi connectivity index (χ3v) is 5.42. The average Bonchev–Trinajstić information content (AvgIpc) is 2.75. The lowest BCUT2D eigenvalue weighted by Gasteiger charge is -2.10. The molecule has 29 heavy (non-hydrogen) atoms. The molecular weight excluding hydrogens is 388 g/mol. The van der Waals surface area contributed by atoms with Gasteiger partial charge in [-0.3, -0.25) is 4.79 Å². The van der Waals surface area contributed by atoms with Gasteiger partial charge < -0.3 is 10.1 Å². The zero-order valence-corrected chi connectivity index (χ0v) is 16.6. The van der Waals surface area contributed by atoms with Crippen LogP contribution in [0.25, 0.3) is 0 Å². The molecular formula is C22H20N2O4S. The smallest absolute Gasteiger partial charge is 0.283 e. The van der Waals surface area contributed by atoms with Crippen LogP contribution in [0.1, 0.15) is 15.9 Å². The third-order valence-electron chi connectivity index (χ3n) is 4.10. The van der Waals surface area contributed by atoms with Gasteiger partial charge in [-0.1, -0.05) is 48.5 Å². The SMILES string of the molecule is COc1ccc(C(=O)N/C(Cc2ccccc2)=N\S(=O)(=O)c2ccccc2)cc1. The molecule has 0 saturated heterocycles. The monoisotopic (exact) mass is 408 g/mol. The van der Waals surface area contributed by atoms with E-state index in [4.69, 9.17) is 4.74 Å². The largest absolute Gasteiger partial charge is 0.497 e. The van der Waals surface area contributed by atoms with Crippen LogP contribution >= 0.6 is 0 Å². The van der Waals surface area contributed by atoms with Gasteiger partial charge in [0.05, 0.1) is 12.0 Å². The van der Waals surface area contributed by atoms with E-state index in [0.29, 0.717) is 11.3 Å². The molecule has 3 aromatic carbocycles. The van der Waals surface area contributed by atoms with Crippen molar-refractivity contribution in [1.82, 2.24) is 5.32 Å². The number of sulfonamides is 1. The lowest BCUT2D eigenvalue weighted by atomic mass is 10.1. The van der Waals surface area contributed by atoms with Gasteiger partial charge in [0.15, 0.2) is 0 Å². The van der Waals surface area contributed by atoms with E-state index in [9.17, 15) is 13.2 Å². The number of methoxy groups -OCH3 is 1. The van der Waals surface area contributed by atoms with Crippen LogP contribution in [0.4, 0.5) is 0 Å². The number of nitrogens with zero attached hydrogens (tertiary/aromatic N) is 1. The molecule has 3 rings (SSSR count). The zero-order chi connectivity index (χ0) is 20.7. The van der Waals surface area contributed by atoms with E-state index in [0.717, 1.165) is 5.56 Å². The van der Waals surface area contributed by atoms with Gasteiger partial charge in [0.25, 0.3) is 15.9 Å². The van der Waals surface area contributed by atoms with Crippen LogP contribution < -0.4 is 10.1 Å². The quantitative estimate of drug-likeness (QED) is 0.500. The second-order valence-electron chi connectivity index (χ2n) is 6.17. The molecule has 0 fully saturated rings.